The van der Waals surface area contributed by atoms with Crippen LogP contribution in [0.15, 0.2) is 42.5 Å². The highest BCUT2D eigenvalue weighted by atomic mass is 32.2. The van der Waals surface area contributed by atoms with Gasteiger partial charge < -0.3 is 14.4 Å². The molecule has 2 aliphatic heterocycles. The molecule has 6 heteroatoms. The third kappa shape index (κ3) is 2.94. The van der Waals surface area contributed by atoms with Gasteiger partial charge in [0.25, 0.3) is 0 Å². The largest absolute Gasteiger partial charge is 0.486 e. The summed E-state index contributed by atoms with van der Waals surface area (Å²) in [4.78, 5) is 14.1. The van der Waals surface area contributed by atoms with Crippen LogP contribution in [0.2, 0.25) is 0 Å². The molecule has 0 radical (unpaired) electrons. The number of carbonyl (C=O) groups is 1. The third-order valence-electron chi connectivity index (χ3n) is 4.06. The maximum absolute atomic E-state index is 13.4. The zero-order valence-corrected chi connectivity index (χ0v) is 13.7. The summed E-state index contributed by atoms with van der Waals surface area (Å²) in [6, 6.07) is 12.1. The van der Waals surface area contributed by atoms with Gasteiger partial charge >= 0.3 is 0 Å². The molecule has 4 rings (SSSR count). The Bertz CT molecular complexity index is 783. The highest BCUT2D eigenvalue weighted by Gasteiger charge is 2.33. The predicted octanol–water partition coefficient (Wildman–Crippen LogP) is 3.37. The normalized spacial score (nSPS) is 19.6. The van der Waals surface area contributed by atoms with Crippen molar-refractivity contribution in [3.05, 3.63) is 59.4 Å². The molecule has 1 unspecified atom stereocenters. The van der Waals surface area contributed by atoms with Crippen LogP contribution in [0.25, 0.3) is 0 Å². The van der Waals surface area contributed by atoms with Gasteiger partial charge in [0.2, 0.25) is 5.91 Å². The lowest BCUT2D eigenvalue weighted by atomic mass is 10.1. The minimum atomic E-state index is -0.289. The SMILES string of the molecule is O=C1CSC(c2ccc3c(c2)OCCO3)N1Cc1cccc(F)c1. The Kier molecular flexibility index (Phi) is 4.06. The molecule has 2 aromatic carbocycles. The van der Waals surface area contributed by atoms with Gasteiger partial charge in [0.15, 0.2) is 11.5 Å². The fourth-order valence-corrected chi connectivity index (χ4v) is 4.12. The maximum Gasteiger partial charge on any atom is 0.234 e. The first-order valence-corrected chi connectivity index (χ1v) is 8.81. The lowest BCUT2D eigenvalue weighted by molar-refractivity contribution is -0.128. The van der Waals surface area contributed by atoms with E-state index in [2.05, 4.69) is 0 Å². The number of halogens is 1. The van der Waals surface area contributed by atoms with Gasteiger partial charge in [-0.1, -0.05) is 18.2 Å². The Morgan fingerprint density at radius 2 is 1.96 bits per heavy atom. The Balaban J connectivity index is 1.60. The molecule has 1 fully saturated rings. The van der Waals surface area contributed by atoms with Crippen molar-refractivity contribution < 1.29 is 18.7 Å². The number of rotatable bonds is 3. The minimum Gasteiger partial charge on any atom is -0.486 e. The van der Waals surface area contributed by atoms with Crippen molar-refractivity contribution in [1.29, 1.82) is 0 Å². The monoisotopic (exact) mass is 345 g/mol. The fraction of sp³-hybridized carbons (Fsp3) is 0.278. The van der Waals surface area contributed by atoms with E-state index in [1.807, 2.05) is 24.3 Å². The van der Waals surface area contributed by atoms with E-state index in [4.69, 9.17) is 9.47 Å². The molecule has 0 bridgehead atoms. The van der Waals surface area contributed by atoms with Crippen LogP contribution in [0.4, 0.5) is 4.39 Å². The molecule has 2 aliphatic rings. The first kappa shape index (κ1) is 15.3. The highest BCUT2D eigenvalue weighted by molar-refractivity contribution is 8.00. The van der Waals surface area contributed by atoms with Crippen LogP contribution in [0.1, 0.15) is 16.5 Å². The van der Waals surface area contributed by atoms with Gasteiger partial charge in [-0.25, -0.2) is 4.39 Å². The number of amides is 1. The molecule has 2 aromatic rings. The quantitative estimate of drug-likeness (QED) is 0.855. The number of fused-ring (bicyclic) bond motifs is 1. The van der Waals surface area contributed by atoms with Crippen LogP contribution in [0, 0.1) is 5.82 Å². The van der Waals surface area contributed by atoms with Crippen molar-refractivity contribution in [3.8, 4) is 11.5 Å². The van der Waals surface area contributed by atoms with E-state index in [0.717, 1.165) is 16.9 Å². The van der Waals surface area contributed by atoms with Gasteiger partial charge in [0.05, 0.1) is 5.75 Å². The lowest BCUT2D eigenvalue weighted by Gasteiger charge is -2.26. The predicted molar refractivity (Wildman–Crippen MR) is 89.6 cm³/mol. The number of hydrogen-bond donors (Lipinski definition) is 0. The van der Waals surface area contributed by atoms with Crippen LogP contribution in [0.5, 0.6) is 11.5 Å². The van der Waals surface area contributed by atoms with E-state index in [1.165, 1.54) is 12.1 Å². The van der Waals surface area contributed by atoms with Gasteiger partial charge in [-0.15, -0.1) is 11.8 Å². The summed E-state index contributed by atoms with van der Waals surface area (Å²) in [6.45, 7) is 1.47. The molecule has 0 saturated carbocycles. The van der Waals surface area contributed by atoms with Crippen molar-refractivity contribution in [2.75, 3.05) is 19.0 Å². The van der Waals surface area contributed by atoms with Gasteiger partial charge in [-0.2, -0.15) is 0 Å². The smallest absolute Gasteiger partial charge is 0.234 e. The molecular formula is C18H16FNO3S. The molecule has 0 aromatic heterocycles. The second-order valence-electron chi connectivity index (χ2n) is 5.72. The number of benzene rings is 2. The summed E-state index contributed by atoms with van der Waals surface area (Å²) in [5, 5.41) is -0.100. The Morgan fingerprint density at radius 3 is 2.79 bits per heavy atom. The zero-order chi connectivity index (χ0) is 16.5. The Hall–Kier alpha value is -2.21. The lowest BCUT2D eigenvalue weighted by Crippen LogP contribution is -2.27. The van der Waals surface area contributed by atoms with Crippen molar-refractivity contribution in [3.63, 3.8) is 0 Å². The molecule has 4 nitrogen and oxygen atoms in total. The van der Waals surface area contributed by atoms with Crippen LogP contribution in [-0.4, -0.2) is 29.8 Å². The van der Waals surface area contributed by atoms with Gasteiger partial charge in [0.1, 0.15) is 24.4 Å². The van der Waals surface area contributed by atoms with Crippen LogP contribution in [-0.2, 0) is 11.3 Å². The Labute approximate surface area is 143 Å². The van der Waals surface area contributed by atoms with Gasteiger partial charge in [0, 0.05) is 6.54 Å². The van der Waals surface area contributed by atoms with E-state index in [1.54, 1.807) is 22.7 Å². The molecule has 1 saturated heterocycles. The molecule has 1 atom stereocenters. The summed E-state index contributed by atoms with van der Waals surface area (Å²) in [6.07, 6.45) is 0. The number of nitrogens with zero attached hydrogens (tertiary/aromatic N) is 1. The summed E-state index contributed by atoms with van der Waals surface area (Å²) >= 11 is 1.57. The average molecular weight is 345 g/mol. The molecule has 0 spiro atoms. The molecule has 124 valence electrons. The van der Waals surface area contributed by atoms with Crippen molar-refractivity contribution in [2.45, 2.75) is 11.9 Å². The second-order valence-corrected chi connectivity index (χ2v) is 6.79. The van der Waals surface area contributed by atoms with E-state index in [-0.39, 0.29) is 17.1 Å². The van der Waals surface area contributed by atoms with Gasteiger partial charge in [-0.3, -0.25) is 4.79 Å². The second kappa shape index (κ2) is 6.36. The van der Waals surface area contributed by atoms with Crippen LogP contribution in [0.3, 0.4) is 0 Å². The number of carbonyl (C=O) groups excluding carboxylic acids is 1. The maximum atomic E-state index is 13.4. The number of thioether (sulfide) groups is 1. The summed E-state index contributed by atoms with van der Waals surface area (Å²) in [7, 11) is 0. The first-order chi connectivity index (χ1) is 11.7. The molecule has 0 N–H and O–H groups in total. The summed E-state index contributed by atoms with van der Waals surface area (Å²) in [5.74, 6) is 1.64. The molecule has 0 aliphatic carbocycles. The van der Waals surface area contributed by atoms with Crippen LogP contribution < -0.4 is 9.47 Å². The number of hydrogen-bond acceptors (Lipinski definition) is 4. The molecule has 2 heterocycles. The van der Waals surface area contributed by atoms with E-state index in [0.29, 0.717) is 31.3 Å². The van der Waals surface area contributed by atoms with Crippen molar-refractivity contribution in [1.82, 2.24) is 4.90 Å². The number of ether oxygens (including phenoxy) is 2. The minimum absolute atomic E-state index is 0.0594. The van der Waals surface area contributed by atoms with Crippen molar-refractivity contribution >= 4 is 17.7 Å². The van der Waals surface area contributed by atoms with E-state index >= 15 is 0 Å². The highest BCUT2D eigenvalue weighted by Crippen LogP contribution is 2.42. The average Bonchev–Trinajstić information content (AvgIpc) is 2.95. The molecular weight excluding hydrogens is 329 g/mol. The summed E-state index contributed by atoms with van der Waals surface area (Å²) in [5.41, 5.74) is 1.78. The van der Waals surface area contributed by atoms with Gasteiger partial charge in [-0.05, 0) is 35.4 Å². The van der Waals surface area contributed by atoms with Crippen molar-refractivity contribution in [2.24, 2.45) is 0 Å². The fourth-order valence-electron chi connectivity index (χ4n) is 2.95. The van der Waals surface area contributed by atoms with Crippen LogP contribution >= 0.6 is 11.8 Å². The first-order valence-electron chi connectivity index (χ1n) is 7.76. The topological polar surface area (TPSA) is 38.8 Å². The third-order valence-corrected chi connectivity index (χ3v) is 5.32. The Morgan fingerprint density at radius 1 is 1.12 bits per heavy atom. The van der Waals surface area contributed by atoms with E-state index < -0.39 is 0 Å². The standard InChI is InChI=1S/C18H16FNO3S/c19-14-3-1-2-12(8-14)10-20-17(21)11-24-18(20)13-4-5-15-16(9-13)23-7-6-22-15/h1-5,8-9,18H,6-7,10-11H2. The molecule has 1 amide bonds. The zero-order valence-electron chi connectivity index (χ0n) is 12.9. The van der Waals surface area contributed by atoms with E-state index in [9.17, 15) is 9.18 Å². The summed E-state index contributed by atoms with van der Waals surface area (Å²) < 4.78 is 24.6. The molecule has 24 heavy (non-hydrogen) atoms.